The standard InChI is InChI=1S/C44H84O6/c1-7-40(6)32-26-20-15-17-23-29-35-44(47)50-41(37-49-43(46)34-28-22-16-14-19-25-31-39(4)5)36-48-42(45)33-27-21-13-11-9-8-10-12-18-24-30-38(2)3/h38-41H,7-37H2,1-6H3/t40?,41-/m1/s1. The van der Waals surface area contributed by atoms with Crippen molar-refractivity contribution in [3.8, 4) is 0 Å². The zero-order valence-electron chi connectivity index (χ0n) is 34.2. The molecule has 0 N–H and O–H groups in total. The predicted octanol–water partition coefficient (Wildman–Crippen LogP) is 13.3. The van der Waals surface area contributed by atoms with Gasteiger partial charge in [0.1, 0.15) is 13.2 Å². The summed E-state index contributed by atoms with van der Waals surface area (Å²) in [5.74, 6) is 1.52. The van der Waals surface area contributed by atoms with Crippen LogP contribution >= 0.6 is 0 Å². The maximum atomic E-state index is 12.6. The highest BCUT2D eigenvalue weighted by molar-refractivity contribution is 5.71. The number of esters is 3. The molecule has 296 valence electrons. The van der Waals surface area contributed by atoms with E-state index in [1.54, 1.807) is 0 Å². The highest BCUT2D eigenvalue weighted by atomic mass is 16.6. The van der Waals surface area contributed by atoms with Crippen molar-refractivity contribution in [3.63, 3.8) is 0 Å². The van der Waals surface area contributed by atoms with Crippen LogP contribution in [0.3, 0.4) is 0 Å². The molecule has 0 aromatic carbocycles. The van der Waals surface area contributed by atoms with Gasteiger partial charge in [-0.1, -0.05) is 189 Å². The SMILES string of the molecule is CCC(C)CCCCCCCCC(=O)O[C@H](COC(=O)CCCCCCCCCCCCC(C)C)COC(=O)CCCCCCCCC(C)C. The fraction of sp³-hybridized carbons (Fsp3) is 0.932. The fourth-order valence-corrected chi connectivity index (χ4v) is 6.32. The molecule has 0 amide bonds. The number of carbonyl (C=O) groups is 3. The topological polar surface area (TPSA) is 78.9 Å². The summed E-state index contributed by atoms with van der Waals surface area (Å²) in [6.07, 6.45) is 31.0. The van der Waals surface area contributed by atoms with E-state index in [1.807, 2.05) is 0 Å². The number of rotatable bonds is 37. The predicted molar refractivity (Wildman–Crippen MR) is 210 cm³/mol. The van der Waals surface area contributed by atoms with Gasteiger partial charge >= 0.3 is 17.9 Å². The number of hydrogen-bond donors (Lipinski definition) is 0. The molecule has 0 aliphatic carbocycles. The van der Waals surface area contributed by atoms with Crippen molar-refractivity contribution in [1.29, 1.82) is 0 Å². The van der Waals surface area contributed by atoms with Crippen LogP contribution in [0, 0.1) is 17.8 Å². The maximum Gasteiger partial charge on any atom is 0.306 e. The van der Waals surface area contributed by atoms with E-state index < -0.39 is 6.10 Å². The largest absolute Gasteiger partial charge is 0.462 e. The summed E-state index contributed by atoms with van der Waals surface area (Å²) in [4.78, 5) is 37.6. The zero-order valence-corrected chi connectivity index (χ0v) is 34.2. The molecule has 0 aliphatic heterocycles. The van der Waals surface area contributed by atoms with Crippen molar-refractivity contribution < 1.29 is 28.6 Å². The van der Waals surface area contributed by atoms with E-state index in [9.17, 15) is 14.4 Å². The van der Waals surface area contributed by atoms with E-state index in [1.165, 1.54) is 109 Å². The Bertz CT molecular complexity index is 778. The van der Waals surface area contributed by atoms with Crippen molar-refractivity contribution in [2.75, 3.05) is 13.2 Å². The molecule has 6 heteroatoms. The Hall–Kier alpha value is -1.59. The van der Waals surface area contributed by atoms with Gasteiger partial charge in [0.05, 0.1) is 0 Å². The van der Waals surface area contributed by atoms with Gasteiger partial charge in [-0.2, -0.15) is 0 Å². The van der Waals surface area contributed by atoms with Crippen LogP contribution in [0.25, 0.3) is 0 Å². The lowest BCUT2D eigenvalue weighted by Gasteiger charge is -2.18. The summed E-state index contributed by atoms with van der Waals surface area (Å²) < 4.78 is 16.7. The quantitative estimate of drug-likeness (QED) is 0.0363. The molecule has 0 saturated carbocycles. The first kappa shape index (κ1) is 48.4. The molecule has 50 heavy (non-hydrogen) atoms. The first-order chi connectivity index (χ1) is 24.1. The molecule has 0 rings (SSSR count). The van der Waals surface area contributed by atoms with Crippen LogP contribution in [-0.2, 0) is 28.6 Å². The molecule has 0 spiro atoms. The molecule has 2 atom stereocenters. The van der Waals surface area contributed by atoms with Crippen LogP contribution in [0.15, 0.2) is 0 Å². The van der Waals surface area contributed by atoms with E-state index in [-0.39, 0.29) is 31.1 Å². The number of unbranched alkanes of at least 4 members (excludes halogenated alkanes) is 19. The third-order valence-electron chi connectivity index (χ3n) is 10.0. The molecule has 0 aromatic rings. The minimum Gasteiger partial charge on any atom is -0.462 e. The zero-order chi connectivity index (χ0) is 37.1. The fourth-order valence-electron chi connectivity index (χ4n) is 6.32. The molecule has 0 aromatic heterocycles. The molecule has 0 saturated heterocycles. The second-order valence-corrected chi connectivity index (χ2v) is 16.2. The Morgan fingerprint density at radius 1 is 0.400 bits per heavy atom. The van der Waals surface area contributed by atoms with Crippen LogP contribution in [-0.4, -0.2) is 37.2 Å². The van der Waals surface area contributed by atoms with E-state index in [2.05, 4.69) is 41.5 Å². The number of ether oxygens (including phenoxy) is 3. The highest BCUT2D eigenvalue weighted by Crippen LogP contribution is 2.17. The Balaban J connectivity index is 4.35. The lowest BCUT2D eigenvalue weighted by atomic mass is 10.00. The first-order valence-corrected chi connectivity index (χ1v) is 21.6. The van der Waals surface area contributed by atoms with Crippen LogP contribution in [0.2, 0.25) is 0 Å². The lowest BCUT2D eigenvalue weighted by Crippen LogP contribution is -2.30. The summed E-state index contributed by atoms with van der Waals surface area (Å²) in [6.45, 7) is 13.6. The first-order valence-electron chi connectivity index (χ1n) is 21.6. The van der Waals surface area contributed by atoms with Crippen molar-refractivity contribution in [1.82, 2.24) is 0 Å². The van der Waals surface area contributed by atoms with Crippen LogP contribution in [0.5, 0.6) is 0 Å². The average molecular weight is 709 g/mol. The number of hydrogen-bond acceptors (Lipinski definition) is 6. The van der Waals surface area contributed by atoms with Gasteiger partial charge in [-0.3, -0.25) is 14.4 Å². The van der Waals surface area contributed by atoms with Crippen LogP contribution in [0.1, 0.15) is 228 Å². The molecule has 6 nitrogen and oxygen atoms in total. The molecular formula is C44H84O6. The van der Waals surface area contributed by atoms with Gasteiger partial charge in [0.2, 0.25) is 0 Å². The van der Waals surface area contributed by atoms with Gasteiger partial charge < -0.3 is 14.2 Å². The van der Waals surface area contributed by atoms with Gasteiger partial charge in [-0.25, -0.2) is 0 Å². The minimum atomic E-state index is -0.762. The molecule has 0 bridgehead atoms. The van der Waals surface area contributed by atoms with Crippen molar-refractivity contribution in [3.05, 3.63) is 0 Å². The molecule has 0 aliphatic rings. The second-order valence-electron chi connectivity index (χ2n) is 16.2. The Morgan fingerprint density at radius 2 is 0.700 bits per heavy atom. The lowest BCUT2D eigenvalue weighted by molar-refractivity contribution is -0.167. The van der Waals surface area contributed by atoms with E-state index in [4.69, 9.17) is 14.2 Å². The normalized spacial score (nSPS) is 12.7. The van der Waals surface area contributed by atoms with E-state index in [0.29, 0.717) is 19.3 Å². The summed E-state index contributed by atoms with van der Waals surface area (Å²) >= 11 is 0. The van der Waals surface area contributed by atoms with Gasteiger partial charge in [0, 0.05) is 19.3 Å². The number of carbonyl (C=O) groups excluding carboxylic acids is 3. The van der Waals surface area contributed by atoms with E-state index in [0.717, 1.165) is 75.5 Å². The van der Waals surface area contributed by atoms with Crippen LogP contribution in [0.4, 0.5) is 0 Å². The molecule has 0 fully saturated rings. The molecule has 1 unspecified atom stereocenters. The highest BCUT2D eigenvalue weighted by Gasteiger charge is 2.19. The Kier molecular flexibility index (Phi) is 34.7. The van der Waals surface area contributed by atoms with Gasteiger partial charge in [0.15, 0.2) is 6.10 Å². The third-order valence-corrected chi connectivity index (χ3v) is 10.0. The molecule has 0 heterocycles. The van der Waals surface area contributed by atoms with Gasteiger partial charge in [0.25, 0.3) is 0 Å². The van der Waals surface area contributed by atoms with Gasteiger partial charge in [-0.15, -0.1) is 0 Å². The summed E-state index contributed by atoms with van der Waals surface area (Å²) in [5, 5.41) is 0. The van der Waals surface area contributed by atoms with E-state index >= 15 is 0 Å². The Morgan fingerprint density at radius 3 is 1.04 bits per heavy atom. The summed E-state index contributed by atoms with van der Waals surface area (Å²) in [6, 6.07) is 0. The van der Waals surface area contributed by atoms with Crippen LogP contribution < -0.4 is 0 Å². The summed E-state index contributed by atoms with van der Waals surface area (Å²) in [7, 11) is 0. The third kappa shape index (κ3) is 36.2. The van der Waals surface area contributed by atoms with Gasteiger partial charge in [-0.05, 0) is 37.0 Å². The molecule has 0 radical (unpaired) electrons. The smallest absolute Gasteiger partial charge is 0.306 e. The summed E-state index contributed by atoms with van der Waals surface area (Å²) in [5.41, 5.74) is 0. The van der Waals surface area contributed by atoms with Crippen molar-refractivity contribution in [2.24, 2.45) is 17.8 Å². The maximum absolute atomic E-state index is 12.6. The molecular weight excluding hydrogens is 624 g/mol. The average Bonchev–Trinajstić information content (AvgIpc) is 3.08. The Labute approximate surface area is 310 Å². The second kappa shape index (κ2) is 35.8. The van der Waals surface area contributed by atoms with Crippen molar-refractivity contribution >= 4 is 17.9 Å². The monoisotopic (exact) mass is 709 g/mol. The van der Waals surface area contributed by atoms with Crippen molar-refractivity contribution in [2.45, 2.75) is 234 Å². The minimum absolute atomic E-state index is 0.0679.